The van der Waals surface area contributed by atoms with E-state index < -0.39 is 10.0 Å². The molecule has 0 aromatic rings. The highest BCUT2D eigenvalue weighted by atomic mass is 32.2. The van der Waals surface area contributed by atoms with E-state index in [2.05, 4.69) is 6.92 Å². The number of sulfonamides is 1. The van der Waals surface area contributed by atoms with Crippen molar-refractivity contribution < 1.29 is 9.84 Å². The topological polar surface area (TPSA) is 61.2 Å². The lowest BCUT2D eigenvalue weighted by Gasteiger charge is -2.29. The molecule has 0 saturated carbocycles. The van der Waals surface area contributed by atoms with Crippen molar-refractivity contribution in [1.82, 2.24) is 4.31 Å². The molecule has 1 heterocycles. The highest BCUT2D eigenvalue weighted by Gasteiger charge is 2.25. The molecule has 14 heavy (non-hydrogen) atoms. The van der Waals surface area contributed by atoms with Crippen LogP contribution >= 0.6 is 0 Å². The van der Waals surface area contributed by atoms with Crippen LogP contribution in [-0.4, -0.2) is 31.6 Å². The van der Waals surface area contributed by atoms with Crippen molar-refractivity contribution in [2.24, 2.45) is 5.92 Å². The van der Waals surface area contributed by atoms with E-state index in [4.69, 9.17) is 5.26 Å². The van der Waals surface area contributed by atoms with Crippen LogP contribution in [0.1, 0.15) is 27.6 Å². The monoisotopic (exact) mass is 218 g/mol. The van der Waals surface area contributed by atoms with Crippen LogP contribution in [-0.2, 0) is 10.0 Å². The molecule has 4 nitrogen and oxygen atoms in total. The van der Waals surface area contributed by atoms with Crippen molar-refractivity contribution in [3.8, 4) is 6.07 Å². The zero-order valence-electron chi connectivity index (χ0n) is 8.44. The molecular weight excluding hydrogens is 200 g/mol. The molecule has 0 aromatic carbocycles. The number of nitriles is 1. The summed E-state index contributed by atoms with van der Waals surface area (Å²) in [5, 5.41) is 8.34. The second-order valence-electron chi connectivity index (χ2n) is 3.81. The molecule has 0 spiro atoms. The molecule has 0 aliphatic carbocycles. The number of piperidine rings is 1. The molecule has 0 bridgehead atoms. The third-order valence-corrected chi connectivity index (χ3v) is 4.48. The summed E-state index contributed by atoms with van der Waals surface area (Å²) in [4.78, 5) is 0. The first-order valence-electron chi connectivity index (χ1n) is 4.91. The molecule has 5 heteroatoms. The Morgan fingerprint density at radius 1 is 1.50 bits per heavy atom. The predicted molar refractivity (Wildman–Crippen MR) is 56.1 cm³/mol. The van der Waals surface area contributed by atoms with Gasteiger partial charge in [0.25, 0.3) is 0 Å². The van der Waals surface area contributed by atoms with Gasteiger partial charge in [0.15, 0.2) is 0 Å². The van der Waals surface area contributed by atoms with Crippen LogP contribution in [0, 0.1) is 17.2 Å². The van der Waals surface area contributed by atoms with Crippen LogP contribution < -0.4 is 0 Å². The zero-order valence-corrected chi connectivity index (χ0v) is 9.26. The van der Waals surface area contributed by atoms with Crippen LogP contribution in [0.2, 0.25) is 0 Å². The van der Waals surface area contributed by atoms with E-state index >= 15 is 0 Å². The first-order chi connectivity index (χ1) is 6.56. The Morgan fingerprint density at radius 3 is 2.57 bits per heavy atom. The second kappa shape index (κ2) is 4.76. The van der Waals surface area contributed by atoms with Crippen molar-refractivity contribution >= 4 is 10.0 Å². The fraction of sp³-hybridized carbons (Fsp3) is 0.889. The summed E-state index contributed by atoms with van der Waals surface area (Å²) in [7, 11) is -3.16. The fourth-order valence-corrected chi connectivity index (χ4v) is 2.94. The van der Waals surface area contributed by atoms with Gasteiger partial charge in [0.05, 0.1) is 18.2 Å². The third kappa shape index (κ3) is 2.96. The second-order valence-corrected chi connectivity index (χ2v) is 5.89. The molecule has 1 saturated heterocycles. The summed E-state index contributed by atoms with van der Waals surface area (Å²) in [5.74, 6) is 0.593. The maximum atomic E-state index is 11.6. The van der Waals surface area contributed by atoms with Gasteiger partial charge in [-0.05, 0) is 18.8 Å². The minimum atomic E-state index is -3.16. The maximum Gasteiger partial charge on any atom is 0.215 e. The summed E-state index contributed by atoms with van der Waals surface area (Å²) in [6, 6.07) is 1.87. The average molecular weight is 218 g/mol. The van der Waals surface area contributed by atoms with Gasteiger partial charge in [-0.2, -0.15) is 5.26 Å². The van der Waals surface area contributed by atoms with E-state index in [-0.39, 0.29) is 13.6 Å². The third-order valence-electron chi connectivity index (χ3n) is 2.61. The highest BCUT2D eigenvalue weighted by Crippen LogP contribution is 2.18. The van der Waals surface area contributed by atoms with Gasteiger partial charge in [0.1, 0.15) is 0 Å². The molecule has 0 N–H and O–H groups in total. The molecule has 82 valence electrons. The zero-order chi connectivity index (χ0) is 10.6. The van der Waals surface area contributed by atoms with Crippen LogP contribution in [0.5, 0.6) is 0 Å². The standard InChI is InChI=1S/C9H16N2O2S.H2/c1-9-3-6-11(7-4-9)14(12,13)8-2-5-10;/h9H,2-4,6-8H2,1H3;1H. The lowest BCUT2D eigenvalue weighted by molar-refractivity contribution is 0.288. The summed E-state index contributed by atoms with van der Waals surface area (Å²) in [6.07, 6.45) is 1.96. The van der Waals surface area contributed by atoms with E-state index in [1.165, 1.54) is 4.31 Å². The van der Waals surface area contributed by atoms with Gasteiger partial charge < -0.3 is 0 Å². The fourth-order valence-electron chi connectivity index (χ4n) is 1.57. The van der Waals surface area contributed by atoms with Crippen molar-refractivity contribution in [3.63, 3.8) is 0 Å². The van der Waals surface area contributed by atoms with Gasteiger partial charge in [-0.3, -0.25) is 0 Å². The number of nitrogens with zero attached hydrogens (tertiary/aromatic N) is 2. The molecule has 1 rings (SSSR count). The molecule has 1 fully saturated rings. The molecular formula is C9H18N2O2S. The molecule has 0 atom stereocenters. The van der Waals surface area contributed by atoms with Crippen LogP contribution in [0.15, 0.2) is 0 Å². The lowest BCUT2D eigenvalue weighted by atomic mass is 10.0. The van der Waals surface area contributed by atoms with Crippen molar-refractivity contribution in [2.45, 2.75) is 26.2 Å². The van der Waals surface area contributed by atoms with Gasteiger partial charge in [-0.15, -0.1) is 0 Å². The van der Waals surface area contributed by atoms with Gasteiger partial charge in [-0.25, -0.2) is 12.7 Å². The van der Waals surface area contributed by atoms with Crippen molar-refractivity contribution in [1.29, 1.82) is 5.26 Å². The summed E-state index contributed by atoms with van der Waals surface area (Å²) in [5.41, 5.74) is 0. The van der Waals surface area contributed by atoms with Gasteiger partial charge in [0.2, 0.25) is 10.0 Å². The molecule has 0 radical (unpaired) electrons. The quantitative estimate of drug-likeness (QED) is 0.715. The van der Waals surface area contributed by atoms with Crippen molar-refractivity contribution in [3.05, 3.63) is 0 Å². The average Bonchev–Trinajstić information content (AvgIpc) is 2.16. The molecule has 0 aromatic heterocycles. The minimum absolute atomic E-state index is 0. The maximum absolute atomic E-state index is 11.6. The molecule has 1 aliphatic rings. The van der Waals surface area contributed by atoms with E-state index in [1.54, 1.807) is 0 Å². The molecule has 0 amide bonds. The van der Waals surface area contributed by atoms with E-state index in [0.29, 0.717) is 19.0 Å². The van der Waals surface area contributed by atoms with E-state index in [9.17, 15) is 8.42 Å². The van der Waals surface area contributed by atoms with Gasteiger partial charge in [0, 0.05) is 14.5 Å². The highest BCUT2D eigenvalue weighted by molar-refractivity contribution is 7.89. The van der Waals surface area contributed by atoms with Crippen molar-refractivity contribution in [2.75, 3.05) is 18.8 Å². The Hall–Kier alpha value is -0.600. The molecule has 1 aliphatic heterocycles. The van der Waals surface area contributed by atoms with Crippen LogP contribution in [0.3, 0.4) is 0 Å². The SMILES string of the molecule is CC1CCN(S(=O)(=O)CCC#N)CC1.[HH]. The Bertz CT molecular complexity index is 315. The van der Waals surface area contributed by atoms with Crippen LogP contribution in [0.4, 0.5) is 0 Å². The first kappa shape index (κ1) is 11.5. The normalized spacial score (nSPS) is 20.6. The summed E-state index contributed by atoms with van der Waals surface area (Å²) < 4.78 is 24.8. The summed E-state index contributed by atoms with van der Waals surface area (Å²) >= 11 is 0. The Morgan fingerprint density at radius 2 is 2.07 bits per heavy atom. The van der Waals surface area contributed by atoms with Gasteiger partial charge >= 0.3 is 0 Å². The Kier molecular flexibility index (Phi) is 3.90. The Labute approximate surface area is 87.1 Å². The smallest absolute Gasteiger partial charge is 0.212 e. The predicted octanol–water partition coefficient (Wildman–Crippen LogP) is 1.21. The minimum Gasteiger partial charge on any atom is -0.212 e. The lowest BCUT2D eigenvalue weighted by Crippen LogP contribution is -2.39. The molecule has 0 unspecified atom stereocenters. The number of hydrogen-bond acceptors (Lipinski definition) is 3. The number of hydrogen-bond donors (Lipinski definition) is 0. The van der Waals surface area contributed by atoms with Gasteiger partial charge in [-0.1, -0.05) is 6.92 Å². The largest absolute Gasteiger partial charge is 0.215 e. The van der Waals surface area contributed by atoms with E-state index in [0.717, 1.165) is 12.8 Å². The van der Waals surface area contributed by atoms with E-state index in [1.807, 2.05) is 6.07 Å². The first-order valence-corrected chi connectivity index (χ1v) is 6.52. The van der Waals surface area contributed by atoms with Crippen LogP contribution in [0.25, 0.3) is 0 Å². The summed E-state index contributed by atoms with van der Waals surface area (Å²) in [6.45, 7) is 3.38. The number of rotatable bonds is 3. The Balaban J connectivity index is 0.00000196.